The van der Waals surface area contributed by atoms with E-state index in [0.717, 1.165) is 19.4 Å². The van der Waals surface area contributed by atoms with Crippen LogP contribution >= 0.6 is 0 Å². The van der Waals surface area contributed by atoms with E-state index in [-0.39, 0.29) is 16.9 Å². The zero-order chi connectivity index (χ0) is 16.2. The molecule has 1 aliphatic heterocycles. The first-order chi connectivity index (χ1) is 10.4. The quantitative estimate of drug-likeness (QED) is 0.835. The Kier molecular flexibility index (Phi) is 5.55. The van der Waals surface area contributed by atoms with Crippen molar-refractivity contribution in [3.05, 3.63) is 23.8 Å². The van der Waals surface area contributed by atoms with Crippen molar-refractivity contribution in [2.24, 2.45) is 0 Å². The van der Waals surface area contributed by atoms with E-state index >= 15 is 0 Å². The van der Waals surface area contributed by atoms with E-state index in [0.29, 0.717) is 24.2 Å². The average molecular weight is 326 g/mol. The summed E-state index contributed by atoms with van der Waals surface area (Å²) in [4.78, 5) is 11.3. The van der Waals surface area contributed by atoms with Gasteiger partial charge in [-0.25, -0.2) is 13.1 Å². The predicted octanol–water partition coefficient (Wildman–Crippen LogP) is 1.80. The van der Waals surface area contributed by atoms with Crippen molar-refractivity contribution in [3.63, 3.8) is 0 Å². The minimum Gasteiger partial charge on any atom is -0.378 e. The van der Waals surface area contributed by atoms with Gasteiger partial charge in [0.2, 0.25) is 15.9 Å². The van der Waals surface area contributed by atoms with E-state index < -0.39 is 10.0 Å². The van der Waals surface area contributed by atoms with E-state index in [9.17, 15) is 13.2 Å². The summed E-state index contributed by atoms with van der Waals surface area (Å²) in [6.07, 6.45) is 2.84. The molecule has 0 aromatic heterocycles. The molecule has 1 amide bonds. The lowest BCUT2D eigenvalue weighted by atomic mass is 10.2. The van der Waals surface area contributed by atoms with Crippen LogP contribution in [0.15, 0.2) is 23.1 Å². The largest absolute Gasteiger partial charge is 0.378 e. The van der Waals surface area contributed by atoms with Crippen LogP contribution < -0.4 is 10.0 Å². The zero-order valence-electron chi connectivity index (χ0n) is 12.9. The first kappa shape index (κ1) is 16.9. The van der Waals surface area contributed by atoms with Gasteiger partial charge in [-0.15, -0.1) is 0 Å². The minimum atomic E-state index is -3.60. The molecule has 0 bridgehead atoms. The predicted molar refractivity (Wildman–Crippen MR) is 84.3 cm³/mol. The van der Waals surface area contributed by atoms with Gasteiger partial charge in [0, 0.05) is 25.8 Å². The molecule has 1 aromatic rings. The van der Waals surface area contributed by atoms with Crippen molar-refractivity contribution in [3.8, 4) is 0 Å². The molecule has 1 aromatic carbocycles. The number of benzene rings is 1. The third-order valence-corrected chi connectivity index (χ3v) is 5.18. The number of hydrogen-bond acceptors (Lipinski definition) is 4. The van der Waals surface area contributed by atoms with E-state index in [1.54, 1.807) is 19.1 Å². The third-order valence-electron chi connectivity index (χ3n) is 3.58. The van der Waals surface area contributed by atoms with Crippen LogP contribution in [0, 0.1) is 6.92 Å². The number of sulfonamides is 1. The standard InChI is InChI=1S/C15H22N2O4S/c1-11-5-6-13(17-12(2)18)10-15(11)22(19,20)16-8-7-14-4-3-9-21-14/h5-6,10,14,16H,3-4,7-9H2,1-2H3,(H,17,18)/t14-/m1/s1. The summed E-state index contributed by atoms with van der Waals surface area (Å²) in [5, 5.41) is 2.59. The van der Waals surface area contributed by atoms with Crippen molar-refractivity contribution in [1.29, 1.82) is 0 Å². The van der Waals surface area contributed by atoms with Gasteiger partial charge in [-0.2, -0.15) is 0 Å². The molecule has 0 radical (unpaired) electrons. The summed E-state index contributed by atoms with van der Waals surface area (Å²) in [5.41, 5.74) is 1.11. The van der Waals surface area contributed by atoms with Crippen LogP contribution in [0.2, 0.25) is 0 Å². The topological polar surface area (TPSA) is 84.5 Å². The molecule has 122 valence electrons. The van der Waals surface area contributed by atoms with Crippen LogP contribution in [0.3, 0.4) is 0 Å². The summed E-state index contributed by atoms with van der Waals surface area (Å²) >= 11 is 0. The normalized spacial score (nSPS) is 18.4. The highest BCUT2D eigenvalue weighted by molar-refractivity contribution is 7.89. The highest BCUT2D eigenvalue weighted by atomic mass is 32.2. The van der Waals surface area contributed by atoms with Crippen LogP contribution in [0.25, 0.3) is 0 Å². The Morgan fingerprint density at radius 1 is 1.41 bits per heavy atom. The fourth-order valence-corrected chi connectivity index (χ4v) is 3.79. The van der Waals surface area contributed by atoms with Gasteiger partial charge in [0.25, 0.3) is 0 Å². The Bertz CT molecular complexity index is 637. The second-order valence-corrected chi connectivity index (χ2v) is 7.22. The van der Waals surface area contributed by atoms with E-state index in [1.165, 1.54) is 13.0 Å². The number of carbonyl (C=O) groups is 1. The SMILES string of the molecule is CC(=O)Nc1ccc(C)c(S(=O)(=O)NCC[C@H]2CCCO2)c1. The maximum atomic E-state index is 12.4. The van der Waals surface area contributed by atoms with Crippen LogP contribution in [-0.2, 0) is 19.6 Å². The van der Waals surface area contributed by atoms with Crippen molar-refractivity contribution >= 4 is 21.6 Å². The fourth-order valence-electron chi connectivity index (χ4n) is 2.47. The third kappa shape index (κ3) is 4.53. The molecule has 1 heterocycles. The van der Waals surface area contributed by atoms with Gasteiger partial charge >= 0.3 is 0 Å². The number of amides is 1. The van der Waals surface area contributed by atoms with Crippen LogP contribution in [-0.4, -0.2) is 33.6 Å². The Balaban J connectivity index is 2.05. The lowest BCUT2D eigenvalue weighted by Gasteiger charge is -2.13. The Morgan fingerprint density at radius 3 is 2.82 bits per heavy atom. The monoisotopic (exact) mass is 326 g/mol. The molecular weight excluding hydrogens is 304 g/mol. The van der Waals surface area contributed by atoms with Crippen molar-refractivity contribution in [2.75, 3.05) is 18.5 Å². The summed E-state index contributed by atoms with van der Waals surface area (Å²) in [6, 6.07) is 4.84. The number of aryl methyl sites for hydroxylation is 1. The lowest BCUT2D eigenvalue weighted by Crippen LogP contribution is -2.28. The second-order valence-electron chi connectivity index (χ2n) is 5.48. The van der Waals surface area contributed by atoms with E-state index in [4.69, 9.17) is 4.74 Å². The highest BCUT2D eigenvalue weighted by Crippen LogP contribution is 2.20. The number of rotatable bonds is 6. The van der Waals surface area contributed by atoms with Gasteiger partial charge in [-0.3, -0.25) is 4.79 Å². The maximum Gasteiger partial charge on any atom is 0.240 e. The summed E-state index contributed by atoms with van der Waals surface area (Å²) in [7, 11) is -3.60. The number of anilines is 1. The lowest BCUT2D eigenvalue weighted by molar-refractivity contribution is -0.114. The molecule has 1 fully saturated rings. The minimum absolute atomic E-state index is 0.148. The molecule has 0 aliphatic carbocycles. The molecule has 7 heteroatoms. The molecule has 0 saturated carbocycles. The molecule has 1 atom stereocenters. The molecule has 1 saturated heterocycles. The van der Waals surface area contributed by atoms with Crippen LogP contribution in [0.1, 0.15) is 31.7 Å². The average Bonchev–Trinajstić information content (AvgIpc) is 2.93. The fraction of sp³-hybridized carbons (Fsp3) is 0.533. The first-order valence-electron chi connectivity index (χ1n) is 7.38. The van der Waals surface area contributed by atoms with E-state index in [2.05, 4.69) is 10.0 Å². The number of carbonyl (C=O) groups excluding carboxylic acids is 1. The second kappa shape index (κ2) is 7.21. The zero-order valence-corrected chi connectivity index (χ0v) is 13.7. The van der Waals surface area contributed by atoms with Gasteiger partial charge in [0.15, 0.2) is 0 Å². The van der Waals surface area contributed by atoms with E-state index in [1.807, 2.05) is 0 Å². The first-order valence-corrected chi connectivity index (χ1v) is 8.86. The number of nitrogens with one attached hydrogen (secondary N) is 2. The maximum absolute atomic E-state index is 12.4. The van der Waals surface area contributed by atoms with Crippen molar-refractivity contribution in [1.82, 2.24) is 4.72 Å². The number of hydrogen-bond donors (Lipinski definition) is 2. The molecule has 2 rings (SSSR count). The Morgan fingerprint density at radius 2 is 2.18 bits per heavy atom. The van der Waals surface area contributed by atoms with Gasteiger partial charge in [-0.05, 0) is 43.9 Å². The molecule has 0 spiro atoms. The van der Waals surface area contributed by atoms with Crippen molar-refractivity contribution < 1.29 is 17.9 Å². The van der Waals surface area contributed by atoms with Crippen LogP contribution in [0.4, 0.5) is 5.69 Å². The molecule has 1 aliphatic rings. The number of ether oxygens (including phenoxy) is 1. The molecule has 6 nitrogen and oxygen atoms in total. The molecule has 2 N–H and O–H groups in total. The smallest absolute Gasteiger partial charge is 0.240 e. The Labute approximate surface area is 131 Å². The molecule has 22 heavy (non-hydrogen) atoms. The van der Waals surface area contributed by atoms with Gasteiger partial charge in [0.1, 0.15) is 0 Å². The summed E-state index contributed by atoms with van der Waals surface area (Å²) in [6.45, 7) is 4.21. The van der Waals surface area contributed by atoms with Gasteiger partial charge < -0.3 is 10.1 Å². The summed E-state index contributed by atoms with van der Waals surface area (Å²) < 4.78 is 32.9. The highest BCUT2D eigenvalue weighted by Gasteiger charge is 2.20. The van der Waals surface area contributed by atoms with Crippen LogP contribution in [0.5, 0.6) is 0 Å². The molecular formula is C15H22N2O4S. The summed E-state index contributed by atoms with van der Waals surface area (Å²) in [5.74, 6) is -0.237. The van der Waals surface area contributed by atoms with Gasteiger partial charge in [0.05, 0.1) is 11.0 Å². The Hall–Kier alpha value is -1.44. The van der Waals surface area contributed by atoms with Gasteiger partial charge in [-0.1, -0.05) is 6.07 Å². The van der Waals surface area contributed by atoms with Crippen molar-refractivity contribution in [2.45, 2.75) is 44.1 Å². The molecule has 0 unspecified atom stereocenters.